The summed E-state index contributed by atoms with van der Waals surface area (Å²) in [7, 11) is 0. The molecule has 100 valence electrons. The van der Waals surface area contributed by atoms with E-state index in [0.717, 1.165) is 27.8 Å². The van der Waals surface area contributed by atoms with Crippen LogP contribution >= 0.6 is 15.9 Å². The van der Waals surface area contributed by atoms with Crippen LogP contribution in [0.15, 0.2) is 24.4 Å². The van der Waals surface area contributed by atoms with Crippen molar-refractivity contribution in [2.24, 2.45) is 0 Å². The van der Waals surface area contributed by atoms with Gasteiger partial charge in [-0.1, -0.05) is 15.9 Å². The van der Waals surface area contributed by atoms with Crippen LogP contribution in [-0.4, -0.2) is 20.5 Å². The fourth-order valence-electron chi connectivity index (χ4n) is 2.52. The molecule has 0 radical (unpaired) electrons. The van der Waals surface area contributed by atoms with Crippen LogP contribution in [0.1, 0.15) is 31.1 Å². The Morgan fingerprint density at radius 3 is 2.84 bits per heavy atom. The Morgan fingerprint density at radius 2 is 2.11 bits per heavy atom. The van der Waals surface area contributed by atoms with E-state index in [0.29, 0.717) is 0 Å². The number of benzene rings is 1. The van der Waals surface area contributed by atoms with E-state index in [1.165, 1.54) is 0 Å². The quantitative estimate of drug-likeness (QED) is 0.755. The summed E-state index contributed by atoms with van der Waals surface area (Å²) < 4.78 is 6.03. The van der Waals surface area contributed by atoms with Crippen molar-refractivity contribution in [1.29, 1.82) is 0 Å². The van der Waals surface area contributed by atoms with E-state index < -0.39 is 11.7 Å². The van der Waals surface area contributed by atoms with Crippen molar-refractivity contribution in [2.75, 3.05) is 0 Å². The molecule has 3 nitrogen and oxygen atoms in total. The van der Waals surface area contributed by atoms with Gasteiger partial charge in [-0.3, -0.25) is 4.98 Å². The highest BCUT2D eigenvalue weighted by molar-refractivity contribution is 9.09. The van der Waals surface area contributed by atoms with E-state index in [9.17, 15) is 5.11 Å². The fraction of sp³-hybridized carbons (Fsp3) is 0.400. The lowest BCUT2D eigenvalue weighted by atomic mass is 9.90. The molecule has 1 aliphatic heterocycles. The maximum Gasteiger partial charge on any atom is 0.126 e. The number of fused-ring (bicyclic) bond motifs is 2. The van der Waals surface area contributed by atoms with Crippen LogP contribution in [0, 0.1) is 6.92 Å². The van der Waals surface area contributed by atoms with Crippen LogP contribution in [0.4, 0.5) is 0 Å². The molecule has 1 N–H and O–H groups in total. The molecule has 2 aromatic rings. The Bertz CT molecular complexity index is 654. The first-order valence-corrected chi connectivity index (χ1v) is 7.22. The number of pyridine rings is 1. The predicted molar refractivity (Wildman–Crippen MR) is 78.9 cm³/mol. The monoisotopic (exact) mass is 321 g/mol. The molecule has 3 rings (SSSR count). The average molecular weight is 322 g/mol. The first-order valence-electron chi connectivity index (χ1n) is 6.30. The molecule has 2 heterocycles. The molecule has 0 saturated carbocycles. The highest BCUT2D eigenvalue weighted by Crippen LogP contribution is 2.44. The summed E-state index contributed by atoms with van der Waals surface area (Å²) in [6.45, 7) is 5.99. The van der Waals surface area contributed by atoms with Gasteiger partial charge in [0.1, 0.15) is 11.4 Å². The zero-order valence-corrected chi connectivity index (χ0v) is 12.7. The number of rotatable bonds is 0. The standard InChI is InChI=1S/C15H16BrNO2/c1-8-4-5-17-11-6-10-12(7-9(8)11)19-15(2,3)14(16)13(10)18/h4-7,13-14,18H,1-3H3. The number of aliphatic hydroxyl groups is 1. The SMILES string of the molecule is Cc1ccnc2cc3c(cc12)OC(C)(C)C(Br)C3O. The Labute approximate surface area is 120 Å². The second kappa shape index (κ2) is 4.18. The molecule has 0 fully saturated rings. The minimum atomic E-state index is -0.592. The summed E-state index contributed by atoms with van der Waals surface area (Å²) in [6.07, 6.45) is 1.20. The van der Waals surface area contributed by atoms with Crippen molar-refractivity contribution in [3.8, 4) is 5.75 Å². The van der Waals surface area contributed by atoms with Gasteiger partial charge < -0.3 is 9.84 Å². The highest BCUT2D eigenvalue weighted by Gasteiger charge is 2.41. The van der Waals surface area contributed by atoms with Gasteiger partial charge in [0.15, 0.2) is 0 Å². The molecule has 1 aromatic carbocycles. The van der Waals surface area contributed by atoms with Crippen molar-refractivity contribution in [3.63, 3.8) is 0 Å². The third-order valence-corrected chi connectivity index (χ3v) is 5.33. The minimum absolute atomic E-state index is 0.144. The number of aryl methyl sites for hydroxylation is 1. The largest absolute Gasteiger partial charge is 0.486 e. The number of hydrogen-bond donors (Lipinski definition) is 1. The third kappa shape index (κ3) is 1.94. The number of aromatic nitrogens is 1. The first-order chi connectivity index (χ1) is 8.90. The molecule has 19 heavy (non-hydrogen) atoms. The second-order valence-corrected chi connectivity index (χ2v) is 6.57. The Hall–Kier alpha value is -1.13. The molecule has 0 bridgehead atoms. The summed E-state index contributed by atoms with van der Waals surface area (Å²) in [5, 5.41) is 11.5. The number of hydrogen-bond acceptors (Lipinski definition) is 3. The maximum absolute atomic E-state index is 10.4. The summed E-state index contributed by atoms with van der Waals surface area (Å²) in [5.41, 5.74) is 2.40. The Kier molecular flexibility index (Phi) is 2.84. The molecular formula is C15H16BrNO2. The molecule has 0 saturated heterocycles. The molecule has 1 aromatic heterocycles. The zero-order valence-electron chi connectivity index (χ0n) is 11.1. The topological polar surface area (TPSA) is 42.4 Å². The fourth-order valence-corrected chi connectivity index (χ4v) is 2.90. The maximum atomic E-state index is 10.4. The third-order valence-electron chi connectivity index (χ3n) is 3.72. The van der Waals surface area contributed by atoms with E-state index >= 15 is 0 Å². The van der Waals surface area contributed by atoms with Gasteiger partial charge in [-0.05, 0) is 44.5 Å². The van der Waals surface area contributed by atoms with Gasteiger partial charge in [-0.2, -0.15) is 0 Å². The minimum Gasteiger partial charge on any atom is -0.486 e. The first kappa shape index (κ1) is 12.9. The summed E-state index contributed by atoms with van der Waals surface area (Å²) in [5.74, 6) is 0.747. The number of nitrogens with zero attached hydrogens (tertiary/aromatic N) is 1. The van der Waals surface area contributed by atoms with E-state index in [1.54, 1.807) is 6.20 Å². The molecule has 2 atom stereocenters. The normalized spacial score (nSPS) is 24.9. The molecule has 1 aliphatic rings. The van der Waals surface area contributed by atoms with Crippen molar-refractivity contribution in [2.45, 2.75) is 37.3 Å². The molecular weight excluding hydrogens is 306 g/mol. The number of alkyl halides is 1. The molecule has 4 heteroatoms. The van der Waals surface area contributed by atoms with E-state index in [1.807, 2.05) is 39.0 Å². The second-order valence-electron chi connectivity index (χ2n) is 5.59. The number of ether oxygens (including phenoxy) is 1. The average Bonchev–Trinajstić information content (AvgIpc) is 2.35. The van der Waals surface area contributed by atoms with Crippen molar-refractivity contribution in [3.05, 3.63) is 35.5 Å². The lowest BCUT2D eigenvalue weighted by Crippen LogP contribution is -2.45. The van der Waals surface area contributed by atoms with E-state index in [4.69, 9.17) is 4.74 Å². The number of halogens is 1. The summed E-state index contributed by atoms with van der Waals surface area (Å²) in [6, 6.07) is 5.88. The van der Waals surface area contributed by atoms with Gasteiger partial charge in [-0.25, -0.2) is 0 Å². The highest BCUT2D eigenvalue weighted by atomic mass is 79.9. The Balaban J connectivity index is 2.26. The van der Waals surface area contributed by atoms with Crippen molar-refractivity contribution >= 4 is 26.8 Å². The molecule has 0 amide bonds. The van der Waals surface area contributed by atoms with Crippen LogP contribution < -0.4 is 4.74 Å². The summed E-state index contributed by atoms with van der Waals surface area (Å²) in [4.78, 5) is 4.22. The van der Waals surface area contributed by atoms with E-state index in [2.05, 4.69) is 20.9 Å². The van der Waals surface area contributed by atoms with Gasteiger partial charge in [0.25, 0.3) is 0 Å². The van der Waals surface area contributed by atoms with Crippen LogP contribution in [0.25, 0.3) is 10.9 Å². The Morgan fingerprint density at radius 1 is 1.37 bits per heavy atom. The van der Waals surface area contributed by atoms with Crippen LogP contribution in [-0.2, 0) is 0 Å². The zero-order chi connectivity index (χ0) is 13.8. The molecule has 0 aliphatic carbocycles. The number of aliphatic hydroxyl groups excluding tert-OH is 1. The van der Waals surface area contributed by atoms with Gasteiger partial charge >= 0.3 is 0 Å². The van der Waals surface area contributed by atoms with E-state index in [-0.39, 0.29) is 4.83 Å². The van der Waals surface area contributed by atoms with Crippen molar-refractivity contribution in [1.82, 2.24) is 4.98 Å². The van der Waals surface area contributed by atoms with Crippen LogP contribution in [0.3, 0.4) is 0 Å². The van der Waals surface area contributed by atoms with Gasteiger partial charge in [-0.15, -0.1) is 0 Å². The lowest BCUT2D eigenvalue weighted by Gasteiger charge is -2.40. The smallest absolute Gasteiger partial charge is 0.126 e. The van der Waals surface area contributed by atoms with Gasteiger partial charge in [0.2, 0.25) is 0 Å². The van der Waals surface area contributed by atoms with Gasteiger partial charge in [0, 0.05) is 17.1 Å². The van der Waals surface area contributed by atoms with Crippen LogP contribution in [0.5, 0.6) is 5.75 Å². The van der Waals surface area contributed by atoms with Gasteiger partial charge in [0.05, 0.1) is 16.4 Å². The predicted octanol–water partition coefficient (Wildman–Crippen LogP) is 3.51. The van der Waals surface area contributed by atoms with Crippen LogP contribution in [0.2, 0.25) is 0 Å². The van der Waals surface area contributed by atoms with Crippen molar-refractivity contribution < 1.29 is 9.84 Å². The summed E-state index contributed by atoms with van der Waals surface area (Å²) >= 11 is 3.53. The molecule has 2 unspecified atom stereocenters. The molecule has 0 spiro atoms. The lowest BCUT2D eigenvalue weighted by molar-refractivity contribution is 0.0228.